The minimum atomic E-state index is -4.44. The number of aliphatic hydroxyl groups is 1. The summed E-state index contributed by atoms with van der Waals surface area (Å²) in [6.45, 7) is 2.94. The summed E-state index contributed by atoms with van der Waals surface area (Å²) in [6.07, 6.45) is -1.10. The Hall–Kier alpha value is -1.73. The van der Waals surface area contributed by atoms with Crippen LogP contribution in [0.5, 0.6) is 0 Å². The van der Waals surface area contributed by atoms with Crippen molar-refractivity contribution in [3.05, 3.63) is 29.8 Å². The number of amides is 2. The molecular formula is C25H35F3LiN4O3. The van der Waals surface area contributed by atoms with E-state index in [1.54, 1.807) is 30.0 Å². The minimum absolute atomic E-state index is 0. The Morgan fingerprint density at radius 1 is 1.17 bits per heavy atom. The first kappa shape index (κ1) is 28.8. The molecule has 0 unspecified atom stereocenters. The van der Waals surface area contributed by atoms with Gasteiger partial charge in [-0.25, -0.2) is 0 Å². The molecule has 2 amide bonds. The van der Waals surface area contributed by atoms with Crippen molar-refractivity contribution in [2.45, 2.75) is 50.4 Å². The molecule has 4 rings (SSSR count). The number of hydrogen-bond donors (Lipinski definition) is 1. The van der Waals surface area contributed by atoms with Crippen LogP contribution < -0.4 is 4.90 Å². The number of benzene rings is 1. The normalized spacial score (nSPS) is 23.2. The van der Waals surface area contributed by atoms with E-state index in [0.717, 1.165) is 37.9 Å². The fourth-order valence-corrected chi connectivity index (χ4v) is 5.35. The topological polar surface area (TPSA) is 67.3 Å². The van der Waals surface area contributed by atoms with E-state index in [1.807, 2.05) is 0 Å². The van der Waals surface area contributed by atoms with Crippen molar-refractivity contribution in [2.75, 3.05) is 58.3 Å². The SMILES string of the molecule is CN(C)C(=O)[C@@H](CCN1CCC2(CC2)[C@H](O)C1)N1CCN(c2cccc(C(F)(F)F)c2)CCC1=O.[Li]. The molecule has 1 radical (unpaired) electrons. The second-order valence-corrected chi connectivity index (χ2v) is 10.3. The molecule has 2 heterocycles. The Morgan fingerprint density at radius 3 is 2.50 bits per heavy atom. The van der Waals surface area contributed by atoms with Gasteiger partial charge < -0.3 is 24.7 Å². The maximum Gasteiger partial charge on any atom is 0.416 e. The maximum absolute atomic E-state index is 13.2. The molecule has 11 heteroatoms. The van der Waals surface area contributed by atoms with Gasteiger partial charge in [-0.1, -0.05) is 6.07 Å². The van der Waals surface area contributed by atoms with Crippen molar-refractivity contribution in [2.24, 2.45) is 5.41 Å². The van der Waals surface area contributed by atoms with Crippen molar-refractivity contribution >= 4 is 36.4 Å². The van der Waals surface area contributed by atoms with Crippen molar-refractivity contribution in [1.29, 1.82) is 0 Å². The van der Waals surface area contributed by atoms with Gasteiger partial charge in [0, 0.05) is 77.8 Å². The molecule has 2 atom stereocenters. The van der Waals surface area contributed by atoms with E-state index in [0.29, 0.717) is 38.3 Å². The third-order valence-electron chi connectivity index (χ3n) is 7.84. The van der Waals surface area contributed by atoms with Crippen LogP contribution in [0.25, 0.3) is 0 Å². The molecule has 3 aliphatic rings. The van der Waals surface area contributed by atoms with Crippen LogP contribution in [0, 0.1) is 5.41 Å². The van der Waals surface area contributed by atoms with Gasteiger partial charge in [0.25, 0.3) is 0 Å². The maximum atomic E-state index is 13.2. The summed E-state index contributed by atoms with van der Waals surface area (Å²) in [5, 5.41) is 10.5. The number of nitrogens with zero attached hydrogens (tertiary/aromatic N) is 4. The average Bonchev–Trinajstić information content (AvgIpc) is 3.61. The average molecular weight is 504 g/mol. The molecule has 0 aromatic heterocycles. The van der Waals surface area contributed by atoms with Crippen molar-refractivity contribution < 1.29 is 27.9 Å². The van der Waals surface area contributed by atoms with Gasteiger partial charge in [0.2, 0.25) is 11.8 Å². The standard InChI is InChI=1S/C25H35F3N4O3.Li/c1-29(2)23(35)20(6-11-30-13-10-24(8-9-24)21(33)17-30)32-15-14-31(12-7-22(32)34)19-5-3-4-18(16-19)25(26,27)28;/h3-5,16,20-21,33H,6-15,17H2,1-2H3;/t20-,21-;/m1./s1. The molecule has 1 saturated carbocycles. The van der Waals surface area contributed by atoms with E-state index in [1.165, 1.54) is 11.0 Å². The van der Waals surface area contributed by atoms with Gasteiger partial charge >= 0.3 is 6.18 Å². The van der Waals surface area contributed by atoms with E-state index in [-0.39, 0.29) is 55.2 Å². The Kier molecular flexibility index (Phi) is 9.08. The zero-order valence-corrected chi connectivity index (χ0v) is 21.4. The molecular weight excluding hydrogens is 468 g/mol. The van der Waals surface area contributed by atoms with Gasteiger partial charge in [0.15, 0.2) is 0 Å². The number of likely N-dealkylation sites (tertiary alicyclic amines) is 1. The number of likely N-dealkylation sites (N-methyl/N-ethyl adjacent to an activating group) is 1. The van der Waals surface area contributed by atoms with Crippen LogP contribution in [0.1, 0.15) is 37.7 Å². The van der Waals surface area contributed by atoms with Crippen LogP contribution in [0.4, 0.5) is 18.9 Å². The van der Waals surface area contributed by atoms with E-state index in [4.69, 9.17) is 0 Å². The number of halogens is 3. The smallest absolute Gasteiger partial charge is 0.391 e. The molecule has 7 nitrogen and oxygen atoms in total. The first-order valence-electron chi connectivity index (χ1n) is 12.3. The molecule has 36 heavy (non-hydrogen) atoms. The molecule has 1 aromatic rings. The van der Waals surface area contributed by atoms with Gasteiger partial charge in [-0.3, -0.25) is 9.59 Å². The number of hydrogen-bond acceptors (Lipinski definition) is 5. The molecule has 1 N–H and O–H groups in total. The summed E-state index contributed by atoms with van der Waals surface area (Å²) in [4.78, 5) is 33.2. The quantitative estimate of drug-likeness (QED) is 0.603. The summed E-state index contributed by atoms with van der Waals surface area (Å²) in [5.41, 5.74) is -0.204. The Bertz CT molecular complexity index is 941. The fraction of sp³-hybridized carbons (Fsp3) is 0.680. The first-order valence-corrected chi connectivity index (χ1v) is 12.3. The molecule has 0 bridgehead atoms. The Labute approximate surface area is 222 Å². The Balaban J connectivity index is 0.00000361. The van der Waals surface area contributed by atoms with Gasteiger partial charge in [0.1, 0.15) is 6.04 Å². The van der Waals surface area contributed by atoms with Gasteiger partial charge in [-0.2, -0.15) is 13.2 Å². The molecule has 1 aromatic carbocycles. The van der Waals surface area contributed by atoms with Crippen molar-refractivity contribution in [3.63, 3.8) is 0 Å². The Morgan fingerprint density at radius 2 is 1.89 bits per heavy atom. The fourth-order valence-electron chi connectivity index (χ4n) is 5.35. The number of anilines is 1. The summed E-state index contributed by atoms with van der Waals surface area (Å²) in [7, 11) is 3.32. The number of piperidine rings is 1. The molecule has 2 saturated heterocycles. The number of carbonyl (C=O) groups excluding carboxylic acids is 2. The molecule has 1 aliphatic carbocycles. The number of rotatable bonds is 6. The molecule has 2 aliphatic heterocycles. The summed E-state index contributed by atoms with van der Waals surface area (Å²) in [5.74, 6) is -0.336. The van der Waals surface area contributed by atoms with Crippen LogP contribution in [-0.2, 0) is 15.8 Å². The predicted octanol–water partition coefficient (Wildman–Crippen LogP) is 2.06. The molecule has 1 spiro atoms. The number of β-amino-alcohol motifs (C(OH)–C–C–N with tert-alkyl or cyclic N) is 1. The van der Waals surface area contributed by atoms with Gasteiger partial charge in [-0.05, 0) is 55.8 Å². The third-order valence-corrected chi connectivity index (χ3v) is 7.84. The van der Waals surface area contributed by atoms with Crippen LogP contribution >= 0.6 is 0 Å². The summed E-state index contributed by atoms with van der Waals surface area (Å²) >= 11 is 0. The van der Waals surface area contributed by atoms with E-state index in [9.17, 15) is 27.9 Å². The van der Waals surface area contributed by atoms with Crippen molar-refractivity contribution in [3.8, 4) is 0 Å². The zero-order chi connectivity index (χ0) is 25.4. The molecule has 195 valence electrons. The minimum Gasteiger partial charge on any atom is -0.391 e. The second kappa shape index (κ2) is 11.3. The largest absolute Gasteiger partial charge is 0.416 e. The second-order valence-electron chi connectivity index (χ2n) is 10.3. The molecule has 3 fully saturated rings. The van der Waals surface area contributed by atoms with Crippen LogP contribution in [0.2, 0.25) is 0 Å². The summed E-state index contributed by atoms with van der Waals surface area (Å²) in [6, 6.07) is 4.49. The zero-order valence-electron chi connectivity index (χ0n) is 21.4. The van der Waals surface area contributed by atoms with Crippen LogP contribution in [0.3, 0.4) is 0 Å². The number of alkyl halides is 3. The monoisotopic (exact) mass is 503 g/mol. The van der Waals surface area contributed by atoms with E-state index < -0.39 is 17.8 Å². The van der Waals surface area contributed by atoms with E-state index in [2.05, 4.69) is 4.90 Å². The van der Waals surface area contributed by atoms with Gasteiger partial charge in [0.05, 0.1) is 11.7 Å². The first-order chi connectivity index (χ1) is 16.5. The van der Waals surface area contributed by atoms with Crippen LogP contribution in [0.15, 0.2) is 24.3 Å². The van der Waals surface area contributed by atoms with Crippen LogP contribution in [-0.4, -0.2) is 116 Å². The number of aliphatic hydroxyl groups excluding tert-OH is 1. The number of carbonyl (C=O) groups is 2. The van der Waals surface area contributed by atoms with Gasteiger partial charge in [-0.15, -0.1) is 0 Å². The van der Waals surface area contributed by atoms with E-state index >= 15 is 0 Å². The predicted molar refractivity (Wildman–Crippen MR) is 132 cm³/mol. The summed E-state index contributed by atoms with van der Waals surface area (Å²) < 4.78 is 39.5. The third kappa shape index (κ3) is 6.39. The van der Waals surface area contributed by atoms with Crippen molar-refractivity contribution in [1.82, 2.24) is 14.7 Å².